The lowest BCUT2D eigenvalue weighted by atomic mass is 9.98. The Hall–Kier alpha value is -1.63. The maximum atomic E-state index is 12.2. The van der Waals surface area contributed by atoms with Crippen molar-refractivity contribution in [2.75, 3.05) is 26.8 Å². The second-order valence-corrected chi connectivity index (χ2v) is 5.82. The van der Waals surface area contributed by atoms with Crippen molar-refractivity contribution in [3.05, 3.63) is 30.0 Å². The maximum absolute atomic E-state index is 12.2. The van der Waals surface area contributed by atoms with E-state index in [4.69, 9.17) is 9.26 Å². The normalized spacial score (nSPS) is 20.4. The Morgan fingerprint density at radius 1 is 1.48 bits per heavy atom. The van der Waals surface area contributed by atoms with Crippen LogP contribution in [0.3, 0.4) is 0 Å². The number of aromatic nitrogens is 1. The summed E-state index contributed by atoms with van der Waals surface area (Å²) in [5.74, 6) is -0.0526. The Labute approximate surface area is 141 Å². The van der Waals surface area contributed by atoms with Gasteiger partial charge in [-0.15, -0.1) is 12.4 Å². The number of fused-ring (bicyclic) bond motifs is 1. The van der Waals surface area contributed by atoms with E-state index in [1.165, 1.54) is 0 Å². The Morgan fingerprint density at radius 3 is 3.04 bits per heavy atom. The lowest BCUT2D eigenvalue weighted by Gasteiger charge is -2.28. The molecule has 7 heteroatoms. The van der Waals surface area contributed by atoms with Gasteiger partial charge in [-0.25, -0.2) is 0 Å². The zero-order chi connectivity index (χ0) is 15.4. The van der Waals surface area contributed by atoms with Gasteiger partial charge in [-0.05, 0) is 31.5 Å². The number of ether oxygens (including phenoxy) is 1. The number of para-hydroxylation sites is 1. The molecule has 0 aliphatic carbocycles. The van der Waals surface area contributed by atoms with Crippen LogP contribution in [0.4, 0.5) is 0 Å². The largest absolute Gasteiger partial charge is 0.383 e. The fourth-order valence-corrected chi connectivity index (χ4v) is 3.02. The van der Waals surface area contributed by atoms with Crippen LogP contribution in [-0.4, -0.2) is 43.4 Å². The molecule has 1 amide bonds. The van der Waals surface area contributed by atoms with Crippen molar-refractivity contribution >= 4 is 29.3 Å². The molecule has 3 rings (SSSR count). The summed E-state index contributed by atoms with van der Waals surface area (Å²) < 4.78 is 10.5. The smallest absolute Gasteiger partial charge is 0.226 e. The van der Waals surface area contributed by atoms with Crippen LogP contribution in [0, 0.1) is 0 Å². The molecule has 1 saturated heterocycles. The van der Waals surface area contributed by atoms with E-state index in [1.807, 2.05) is 24.3 Å². The molecule has 2 N–H and O–H groups in total. The van der Waals surface area contributed by atoms with Gasteiger partial charge in [0.2, 0.25) is 5.91 Å². The second-order valence-electron chi connectivity index (χ2n) is 5.82. The van der Waals surface area contributed by atoms with Gasteiger partial charge in [0.15, 0.2) is 5.58 Å². The molecule has 1 aliphatic heterocycles. The number of amides is 1. The Kier molecular flexibility index (Phi) is 5.98. The molecule has 1 fully saturated rings. The highest BCUT2D eigenvalue weighted by atomic mass is 35.5. The van der Waals surface area contributed by atoms with Gasteiger partial charge in [0.25, 0.3) is 0 Å². The van der Waals surface area contributed by atoms with Crippen molar-refractivity contribution < 1.29 is 14.1 Å². The van der Waals surface area contributed by atoms with Gasteiger partial charge in [0.1, 0.15) is 5.69 Å². The summed E-state index contributed by atoms with van der Waals surface area (Å²) >= 11 is 0. The standard InChI is InChI=1S/C16H21N3O3.ClH/c1-21-11-16(7-4-8-18-16)10-17-15(20)9-13-12-5-2-3-6-14(12)22-19-13;/h2-3,5-6,18H,4,7-11H2,1H3,(H,17,20);1H. The molecule has 126 valence electrons. The van der Waals surface area contributed by atoms with E-state index in [-0.39, 0.29) is 30.3 Å². The number of rotatable bonds is 6. The van der Waals surface area contributed by atoms with Gasteiger partial charge in [-0.2, -0.15) is 0 Å². The topological polar surface area (TPSA) is 76.4 Å². The number of halogens is 1. The first-order chi connectivity index (χ1) is 10.7. The molecule has 6 nitrogen and oxygen atoms in total. The van der Waals surface area contributed by atoms with E-state index in [1.54, 1.807) is 7.11 Å². The highest BCUT2D eigenvalue weighted by Crippen LogP contribution is 2.20. The fourth-order valence-electron chi connectivity index (χ4n) is 3.02. The number of carbonyl (C=O) groups is 1. The highest BCUT2D eigenvalue weighted by molar-refractivity contribution is 5.86. The summed E-state index contributed by atoms with van der Waals surface area (Å²) in [6.07, 6.45) is 2.33. The molecule has 0 bridgehead atoms. The van der Waals surface area contributed by atoms with Crippen LogP contribution < -0.4 is 10.6 Å². The number of benzene rings is 1. The van der Waals surface area contributed by atoms with Gasteiger partial charge in [0, 0.05) is 19.0 Å². The third-order valence-corrected chi connectivity index (χ3v) is 4.16. The van der Waals surface area contributed by atoms with E-state index in [2.05, 4.69) is 15.8 Å². The third kappa shape index (κ3) is 4.02. The minimum Gasteiger partial charge on any atom is -0.383 e. The van der Waals surface area contributed by atoms with Crippen LogP contribution in [0.1, 0.15) is 18.5 Å². The van der Waals surface area contributed by atoms with Gasteiger partial charge in [0.05, 0.1) is 18.6 Å². The molecule has 2 aromatic rings. The lowest BCUT2D eigenvalue weighted by molar-refractivity contribution is -0.120. The monoisotopic (exact) mass is 339 g/mol. The van der Waals surface area contributed by atoms with E-state index in [0.717, 1.165) is 24.8 Å². The molecule has 1 aromatic carbocycles. The zero-order valence-corrected chi connectivity index (χ0v) is 13.9. The molecule has 0 radical (unpaired) electrons. The molecular weight excluding hydrogens is 318 g/mol. The Bertz CT molecular complexity index is 653. The Morgan fingerprint density at radius 2 is 2.30 bits per heavy atom. The minimum atomic E-state index is -0.143. The first-order valence-electron chi connectivity index (χ1n) is 7.56. The third-order valence-electron chi connectivity index (χ3n) is 4.16. The lowest BCUT2D eigenvalue weighted by Crippen LogP contribution is -2.53. The molecule has 1 aromatic heterocycles. The molecule has 1 aliphatic rings. The number of nitrogens with one attached hydrogen (secondary N) is 2. The number of methoxy groups -OCH3 is 1. The van der Waals surface area contributed by atoms with E-state index in [0.29, 0.717) is 24.4 Å². The summed E-state index contributed by atoms with van der Waals surface area (Å²) in [6, 6.07) is 7.56. The zero-order valence-electron chi connectivity index (χ0n) is 13.1. The van der Waals surface area contributed by atoms with Crippen LogP contribution in [0.5, 0.6) is 0 Å². The van der Waals surface area contributed by atoms with E-state index >= 15 is 0 Å². The summed E-state index contributed by atoms with van der Waals surface area (Å²) in [5.41, 5.74) is 1.24. The van der Waals surface area contributed by atoms with Gasteiger partial charge >= 0.3 is 0 Å². The summed E-state index contributed by atoms with van der Waals surface area (Å²) in [4.78, 5) is 12.2. The quantitative estimate of drug-likeness (QED) is 0.837. The molecule has 0 spiro atoms. The average Bonchev–Trinajstić information content (AvgIpc) is 3.14. The van der Waals surface area contributed by atoms with Crippen LogP contribution in [0.25, 0.3) is 11.0 Å². The average molecular weight is 340 g/mol. The highest BCUT2D eigenvalue weighted by Gasteiger charge is 2.33. The van der Waals surface area contributed by atoms with Crippen LogP contribution in [-0.2, 0) is 16.0 Å². The number of hydrogen-bond acceptors (Lipinski definition) is 5. The summed E-state index contributed by atoms with van der Waals surface area (Å²) in [7, 11) is 1.69. The number of nitrogens with zero attached hydrogens (tertiary/aromatic N) is 1. The SMILES string of the molecule is COCC1(CNC(=O)Cc2noc3ccccc23)CCCN1.Cl. The van der Waals surface area contributed by atoms with Crippen molar-refractivity contribution in [3.63, 3.8) is 0 Å². The predicted molar refractivity (Wildman–Crippen MR) is 89.8 cm³/mol. The first-order valence-corrected chi connectivity index (χ1v) is 7.56. The van der Waals surface area contributed by atoms with Crippen molar-refractivity contribution in [2.45, 2.75) is 24.8 Å². The van der Waals surface area contributed by atoms with Crippen LogP contribution in [0.2, 0.25) is 0 Å². The van der Waals surface area contributed by atoms with Gasteiger partial charge in [-0.1, -0.05) is 17.3 Å². The van der Waals surface area contributed by atoms with Crippen LogP contribution in [0.15, 0.2) is 28.8 Å². The van der Waals surface area contributed by atoms with E-state index in [9.17, 15) is 4.79 Å². The number of hydrogen-bond donors (Lipinski definition) is 2. The first kappa shape index (κ1) is 17.7. The van der Waals surface area contributed by atoms with E-state index < -0.39 is 0 Å². The van der Waals surface area contributed by atoms with Gasteiger partial charge < -0.3 is 19.9 Å². The van der Waals surface area contributed by atoms with Crippen molar-refractivity contribution in [1.29, 1.82) is 0 Å². The summed E-state index contributed by atoms with van der Waals surface area (Å²) in [6.45, 7) is 2.13. The Balaban J connectivity index is 0.00000192. The van der Waals surface area contributed by atoms with Crippen molar-refractivity contribution in [3.8, 4) is 0 Å². The molecule has 23 heavy (non-hydrogen) atoms. The molecular formula is C16H22ClN3O3. The van der Waals surface area contributed by atoms with Crippen molar-refractivity contribution in [1.82, 2.24) is 15.8 Å². The molecule has 2 heterocycles. The molecule has 1 atom stereocenters. The predicted octanol–water partition coefficient (Wildman–Crippen LogP) is 1.68. The minimum absolute atomic E-state index is 0. The maximum Gasteiger partial charge on any atom is 0.226 e. The van der Waals surface area contributed by atoms with Gasteiger partial charge in [-0.3, -0.25) is 4.79 Å². The number of carbonyl (C=O) groups excluding carboxylic acids is 1. The second kappa shape index (κ2) is 7.77. The van der Waals surface area contributed by atoms with Crippen molar-refractivity contribution in [2.24, 2.45) is 0 Å². The molecule has 0 saturated carbocycles. The van der Waals surface area contributed by atoms with Crippen LogP contribution >= 0.6 is 12.4 Å². The summed E-state index contributed by atoms with van der Waals surface area (Å²) in [5, 5.41) is 11.3. The fraction of sp³-hybridized carbons (Fsp3) is 0.500. The molecule has 1 unspecified atom stereocenters.